The Kier molecular flexibility index (Phi) is 5.78. The Morgan fingerprint density at radius 1 is 0.824 bits per heavy atom. The summed E-state index contributed by atoms with van der Waals surface area (Å²) in [5, 5.41) is 0. The van der Waals surface area contributed by atoms with Gasteiger partial charge in [0.15, 0.2) is 11.2 Å². The van der Waals surface area contributed by atoms with Gasteiger partial charge in [-0.05, 0) is 41.5 Å². The van der Waals surface area contributed by atoms with Crippen molar-refractivity contribution >= 4 is 11.9 Å². The fourth-order valence-corrected chi connectivity index (χ4v) is 1.17. The largest absolute Gasteiger partial charge is 0.389 e. The number of carbonyl (C=O) groups excluding carboxylic acids is 2. The molecule has 0 bridgehead atoms. The molecule has 5 heteroatoms. The summed E-state index contributed by atoms with van der Waals surface area (Å²) in [7, 11) is 0. The van der Waals surface area contributed by atoms with Crippen LogP contribution in [0, 0.1) is 0 Å². The maximum atomic E-state index is 11.7. The number of hydrogen-bond donors (Lipinski definition) is 0. The summed E-state index contributed by atoms with van der Waals surface area (Å²) >= 11 is 0. The minimum atomic E-state index is -1.13. The van der Waals surface area contributed by atoms with E-state index in [0.29, 0.717) is 13.2 Å². The summed E-state index contributed by atoms with van der Waals surface area (Å²) < 4.78 is 15.2. The van der Waals surface area contributed by atoms with Crippen LogP contribution in [-0.4, -0.2) is 36.4 Å². The Balaban J connectivity index is 4.54. The Morgan fingerprint density at radius 3 is 1.35 bits per heavy atom. The Bertz CT molecular complexity index is 253. The van der Waals surface area contributed by atoms with Crippen molar-refractivity contribution in [3.05, 3.63) is 0 Å². The van der Waals surface area contributed by atoms with Gasteiger partial charge in [0, 0.05) is 13.2 Å². The van der Waals surface area contributed by atoms with Crippen LogP contribution in [0.5, 0.6) is 0 Å². The van der Waals surface area contributed by atoms with Crippen molar-refractivity contribution < 1.29 is 23.8 Å². The average molecular weight is 246 g/mol. The highest BCUT2D eigenvalue weighted by molar-refractivity contribution is 5.93. The van der Waals surface area contributed by atoms with Crippen molar-refractivity contribution in [2.24, 2.45) is 0 Å². The van der Waals surface area contributed by atoms with Gasteiger partial charge in [-0.3, -0.25) is 0 Å². The molecule has 0 radical (unpaired) electrons. The molecule has 0 aliphatic heterocycles. The first-order valence-electron chi connectivity index (χ1n) is 5.72. The number of esters is 2. The molecule has 0 rings (SSSR count). The van der Waals surface area contributed by atoms with E-state index in [2.05, 4.69) is 0 Å². The lowest BCUT2D eigenvalue weighted by Crippen LogP contribution is -2.44. The molecule has 0 saturated heterocycles. The molecule has 0 heterocycles. The van der Waals surface area contributed by atoms with Crippen molar-refractivity contribution in [1.82, 2.24) is 0 Å². The lowest BCUT2D eigenvalue weighted by atomic mass is 10.1. The highest BCUT2D eigenvalue weighted by atomic mass is 16.6. The summed E-state index contributed by atoms with van der Waals surface area (Å²) in [5.41, 5.74) is -2.26. The second-order valence-corrected chi connectivity index (χ2v) is 4.56. The molecule has 5 nitrogen and oxygen atoms in total. The number of hydrogen-bond acceptors (Lipinski definition) is 5. The predicted octanol–water partition coefficient (Wildman–Crippen LogP) is 1.69. The van der Waals surface area contributed by atoms with Crippen LogP contribution >= 0.6 is 0 Å². The van der Waals surface area contributed by atoms with E-state index in [9.17, 15) is 9.59 Å². The molecule has 17 heavy (non-hydrogen) atoms. The van der Waals surface area contributed by atoms with Gasteiger partial charge in [-0.25, -0.2) is 9.59 Å². The minimum Gasteiger partial charge on any atom is -0.389 e. The van der Waals surface area contributed by atoms with E-state index in [-0.39, 0.29) is 0 Å². The van der Waals surface area contributed by atoms with Crippen LogP contribution < -0.4 is 0 Å². The SMILES string of the molecule is CCOC(C)(C)C(=O)OC(=O)C(C)(C)OCC. The van der Waals surface area contributed by atoms with Gasteiger partial charge in [0.2, 0.25) is 0 Å². The lowest BCUT2D eigenvalue weighted by molar-refractivity contribution is -0.187. The third-order valence-corrected chi connectivity index (χ3v) is 2.18. The van der Waals surface area contributed by atoms with Gasteiger partial charge in [0.05, 0.1) is 0 Å². The molecular formula is C12H22O5. The van der Waals surface area contributed by atoms with E-state index in [1.54, 1.807) is 41.5 Å². The minimum absolute atomic E-state index is 0.366. The fraction of sp³-hybridized carbons (Fsp3) is 0.833. The van der Waals surface area contributed by atoms with Gasteiger partial charge < -0.3 is 14.2 Å². The predicted molar refractivity (Wildman–Crippen MR) is 62.5 cm³/mol. The lowest BCUT2D eigenvalue weighted by Gasteiger charge is -2.26. The molecule has 0 amide bonds. The topological polar surface area (TPSA) is 61.8 Å². The van der Waals surface area contributed by atoms with Gasteiger partial charge in [-0.2, -0.15) is 0 Å². The first-order valence-corrected chi connectivity index (χ1v) is 5.72. The maximum Gasteiger partial charge on any atom is 0.345 e. The highest BCUT2D eigenvalue weighted by Crippen LogP contribution is 2.16. The molecule has 0 aliphatic carbocycles. The van der Waals surface area contributed by atoms with Crippen LogP contribution in [0.3, 0.4) is 0 Å². The van der Waals surface area contributed by atoms with Gasteiger partial charge in [0.25, 0.3) is 0 Å². The fourth-order valence-electron chi connectivity index (χ4n) is 1.17. The summed E-state index contributed by atoms with van der Waals surface area (Å²) in [5.74, 6) is -1.42. The van der Waals surface area contributed by atoms with Gasteiger partial charge >= 0.3 is 11.9 Å². The third-order valence-electron chi connectivity index (χ3n) is 2.18. The molecule has 0 aliphatic rings. The molecule has 0 spiro atoms. The second-order valence-electron chi connectivity index (χ2n) is 4.56. The smallest absolute Gasteiger partial charge is 0.345 e. The average Bonchev–Trinajstić information content (AvgIpc) is 2.17. The van der Waals surface area contributed by atoms with Crippen LogP contribution in [0.4, 0.5) is 0 Å². The van der Waals surface area contributed by atoms with Crippen molar-refractivity contribution in [2.45, 2.75) is 52.7 Å². The Morgan fingerprint density at radius 2 is 1.12 bits per heavy atom. The maximum absolute atomic E-state index is 11.7. The monoisotopic (exact) mass is 246 g/mol. The molecule has 0 aromatic heterocycles. The summed E-state index contributed by atoms with van der Waals surface area (Å²) in [6.07, 6.45) is 0. The van der Waals surface area contributed by atoms with E-state index in [1.807, 2.05) is 0 Å². The van der Waals surface area contributed by atoms with Crippen LogP contribution in [0.25, 0.3) is 0 Å². The van der Waals surface area contributed by atoms with Crippen LogP contribution in [0.1, 0.15) is 41.5 Å². The number of carbonyl (C=O) groups is 2. The van der Waals surface area contributed by atoms with E-state index < -0.39 is 23.1 Å². The number of ether oxygens (including phenoxy) is 3. The quantitative estimate of drug-likeness (QED) is 0.527. The first-order chi connectivity index (χ1) is 7.67. The summed E-state index contributed by atoms with van der Waals surface area (Å²) in [6.45, 7) is 10.5. The molecule has 0 atom stereocenters. The molecule has 0 saturated carbocycles. The van der Waals surface area contributed by atoms with Gasteiger partial charge in [-0.15, -0.1) is 0 Å². The van der Waals surface area contributed by atoms with Crippen LogP contribution in [0.2, 0.25) is 0 Å². The summed E-state index contributed by atoms with van der Waals surface area (Å²) in [6, 6.07) is 0. The van der Waals surface area contributed by atoms with Crippen LogP contribution in [-0.2, 0) is 23.8 Å². The van der Waals surface area contributed by atoms with E-state index in [1.165, 1.54) is 0 Å². The molecule has 100 valence electrons. The zero-order valence-corrected chi connectivity index (χ0v) is 11.5. The van der Waals surface area contributed by atoms with Crippen molar-refractivity contribution in [2.75, 3.05) is 13.2 Å². The zero-order valence-electron chi connectivity index (χ0n) is 11.5. The molecular weight excluding hydrogens is 224 g/mol. The van der Waals surface area contributed by atoms with E-state index in [0.717, 1.165) is 0 Å². The Hall–Kier alpha value is -0.940. The van der Waals surface area contributed by atoms with E-state index in [4.69, 9.17) is 14.2 Å². The number of rotatable bonds is 6. The van der Waals surface area contributed by atoms with E-state index >= 15 is 0 Å². The van der Waals surface area contributed by atoms with Crippen molar-refractivity contribution in [1.29, 1.82) is 0 Å². The van der Waals surface area contributed by atoms with Gasteiger partial charge in [0.1, 0.15) is 0 Å². The third kappa shape index (κ3) is 4.83. The highest BCUT2D eigenvalue weighted by Gasteiger charge is 2.37. The molecule has 0 fully saturated rings. The zero-order chi connectivity index (χ0) is 13.7. The first kappa shape index (κ1) is 16.1. The van der Waals surface area contributed by atoms with Crippen LogP contribution in [0.15, 0.2) is 0 Å². The molecule has 0 unspecified atom stereocenters. The second kappa shape index (κ2) is 6.12. The molecule has 0 aromatic rings. The normalized spacial score (nSPS) is 12.4. The molecule has 0 N–H and O–H groups in total. The Labute approximate surface area is 102 Å². The van der Waals surface area contributed by atoms with Crippen molar-refractivity contribution in [3.8, 4) is 0 Å². The van der Waals surface area contributed by atoms with Crippen molar-refractivity contribution in [3.63, 3.8) is 0 Å². The van der Waals surface area contributed by atoms with Gasteiger partial charge in [-0.1, -0.05) is 0 Å². The molecule has 0 aromatic carbocycles. The summed E-state index contributed by atoms with van der Waals surface area (Å²) in [4.78, 5) is 23.4. The standard InChI is InChI=1S/C12H22O5/c1-7-15-11(3,4)9(13)17-10(14)12(5,6)16-8-2/h7-8H2,1-6H3.